The second-order valence-corrected chi connectivity index (χ2v) is 12.4. The van der Waals surface area contributed by atoms with E-state index in [0.29, 0.717) is 85.9 Å². The first-order valence-electron chi connectivity index (χ1n) is 13.2. The molecule has 0 aromatic rings. The van der Waals surface area contributed by atoms with E-state index in [4.69, 9.17) is 51.5 Å². The Labute approximate surface area is 245 Å². The summed E-state index contributed by atoms with van der Waals surface area (Å²) in [5.41, 5.74) is 0. The molecule has 1 atom stereocenters. The largest absolute Gasteiger partial charge is 0.535 e. The number of aliphatic hydroxyl groups is 2. The molecule has 14 nitrogen and oxygen atoms in total. The molecular formula is C24H58O14Si2. The number of hydrogen-bond acceptors (Lipinski definition) is 14. The van der Waals surface area contributed by atoms with E-state index < -0.39 is 14.0 Å². The van der Waals surface area contributed by atoms with E-state index >= 15 is 0 Å². The summed E-state index contributed by atoms with van der Waals surface area (Å²) < 4.78 is 62.2. The van der Waals surface area contributed by atoms with Crippen molar-refractivity contribution in [3.8, 4) is 0 Å². The first-order valence-corrected chi connectivity index (χ1v) is 17.0. The van der Waals surface area contributed by atoms with Crippen LogP contribution in [0.15, 0.2) is 0 Å². The van der Waals surface area contributed by atoms with Crippen molar-refractivity contribution in [1.82, 2.24) is 0 Å². The molecule has 0 saturated heterocycles. The van der Waals surface area contributed by atoms with Crippen LogP contribution < -0.4 is 0 Å². The van der Waals surface area contributed by atoms with Crippen LogP contribution in [0, 0.1) is 0 Å². The van der Waals surface area contributed by atoms with Gasteiger partial charge in [-0.3, -0.25) is 0 Å². The monoisotopic (exact) mass is 626 g/mol. The van der Waals surface area contributed by atoms with Crippen LogP contribution >= 0.6 is 0 Å². The minimum Gasteiger partial charge on any atom is -0.427 e. The van der Waals surface area contributed by atoms with Gasteiger partial charge in [0.2, 0.25) is 0 Å². The van der Waals surface area contributed by atoms with Crippen LogP contribution in [0.2, 0.25) is 6.55 Å². The molecule has 0 radical (unpaired) electrons. The molecule has 2 N–H and O–H groups in total. The molecule has 0 fully saturated rings. The van der Waals surface area contributed by atoms with Crippen LogP contribution in [0.5, 0.6) is 0 Å². The highest BCUT2D eigenvalue weighted by molar-refractivity contribution is 6.63. The van der Waals surface area contributed by atoms with E-state index in [-0.39, 0.29) is 23.0 Å². The highest BCUT2D eigenvalue weighted by Gasteiger charge is 2.56. The Morgan fingerprint density at radius 3 is 1.02 bits per heavy atom. The Bertz CT molecular complexity index is 453. The number of methoxy groups -OCH3 is 1. The summed E-state index contributed by atoms with van der Waals surface area (Å²) >= 11 is 0. The smallest absolute Gasteiger partial charge is 0.427 e. The fourth-order valence-corrected chi connectivity index (χ4v) is 4.75. The fourth-order valence-electron chi connectivity index (χ4n) is 2.65. The van der Waals surface area contributed by atoms with Gasteiger partial charge in [0, 0.05) is 42.7 Å². The van der Waals surface area contributed by atoms with Gasteiger partial charge in [-0.15, -0.1) is 0 Å². The average Bonchev–Trinajstić information content (AvgIpc) is 2.95. The molecule has 0 heterocycles. The summed E-state index contributed by atoms with van der Waals surface area (Å²) in [4.78, 5) is 0. The highest BCUT2D eigenvalue weighted by atomic mass is 28.4. The molecule has 40 heavy (non-hydrogen) atoms. The number of rotatable bonds is 27. The van der Waals surface area contributed by atoms with Gasteiger partial charge in [0.15, 0.2) is 15.0 Å². The Morgan fingerprint density at radius 1 is 0.550 bits per heavy atom. The lowest BCUT2D eigenvalue weighted by Crippen LogP contribution is -2.64. The van der Waals surface area contributed by atoms with Crippen LogP contribution in [0.1, 0.15) is 6.92 Å². The molecule has 1 unspecified atom stereocenters. The standard InChI is InChI=1S/C20H44O12Si.C2H8OSi.C2H6O/c1-20(22,33(23-2,24-3)25-4)19-32-18-17-31-16-15-30-14-13-29-12-11-28-10-9-27-8-7-26-6-5-21;1-3-4-2;1-3-2/h21-22H,5-19H2,1-4H3;4H2,1-2H3;1-2H3. The summed E-state index contributed by atoms with van der Waals surface area (Å²) in [5.74, 6) is 0. The van der Waals surface area contributed by atoms with Gasteiger partial charge in [0.25, 0.3) is 0 Å². The molecule has 0 spiro atoms. The number of hydrogen-bond donors (Lipinski definition) is 2. The third kappa shape index (κ3) is 28.0. The van der Waals surface area contributed by atoms with E-state index in [9.17, 15) is 5.11 Å². The molecule has 0 saturated carbocycles. The van der Waals surface area contributed by atoms with Crippen LogP contribution in [0.3, 0.4) is 0 Å². The quantitative estimate of drug-likeness (QED) is 0.0872. The van der Waals surface area contributed by atoms with Gasteiger partial charge >= 0.3 is 8.80 Å². The Kier molecular flexibility index (Phi) is 38.9. The minimum absolute atomic E-state index is 0.00304. The van der Waals surface area contributed by atoms with E-state index in [1.54, 1.807) is 28.3 Å². The summed E-state index contributed by atoms with van der Waals surface area (Å²) in [7, 11) is 6.01. The van der Waals surface area contributed by atoms with E-state index in [1.165, 1.54) is 21.3 Å². The maximum Gasteiger partial charge on any atom is 0.535 e. The second kappa shape index (κ2) is 35.1. The molecule has 0 aromatic carbocycles. The van der Waals surface area contributed by atoms with Gasteiger partial charge in [-0.05, 0) is 6.92 Å². The van der Waals surface area contributed by atoms with Crippen molar-refractivity contribution in [3.63, 3.8) is 0 Å². The summed E-state index contributed by atoms with van der Waals surface area (Å²) in [6.07, 6.45) is 0. The van der Waals surface area contributed by atoms with Crippen molar-refractivity contribution >= 4 is 18.6 Å². The zero-order valence-corrected chi connectivity index (χ0v) is 28.5. The molecular weight excluding hydrogens is 568 g/mol. The van der Waals surface area contributed by atoms with Gasteiger partial charge in [-0.25, -0.2) is 0 Å². The maximum atomic E-state index is 10.5. The first-order chi connectivity index (χ1) is 19.3. The molecule has 0 aliphatic heterocycles. The van der Waals surface area contributed by atoms with Gasteiger partial charge < -0.3 is 65.8 Å². The van der Waals surface area contributed by atoms with E-state index in [0.717, 1.165) is 0 Å². The molecule has 0 aliphatic carbocycles. The van der Waals surface area contributed by atoms with Gasteiger partial charge in [-0.2, -0.15) is 0 Å². The fraction of sp³-hybridized carbons (Fsp3) is 1.00. The van der Waals surface area contributed by atoms with Crippen molar-refractivity contribution in [2.75, 3.05) is 142 Å². The molecule has 0 rings (SSSR count). The molecule has 0 aliphatic rings. The molecule has 246 valence electrons. The topological polar surface area (TPSA) is 151 Å². The highest BCUT2D eigenvalue weighted by Crippen LogP contribution is 2.23. The first kappa shape index (κ1) is 44.3. The van der Waals surface area contributed by atoms with Gasteiger partial charge in [0.05, 0.1) is 99.1 Å². The van der Waals surface area contributed by atoms with Crippen molar-refractivity contribution < 1.29 is 65.8 Å². The minimum atomic E-state index is -3.23. The molecule has 16 heteroatoms. The summed E-state index contributed by atoms with van der Waals surface area (Å²) in [5, 5.41) is 17.7. The SMILES string of the molecule is COC.CO[SiH2]C.CO[Si](OC)(OC)C(C)(O)COCCOCCOCCOCCOCCOCCOCCO. The molecule has 0 amide bonds. The summed E-state index contributed by atoms with van der Waals surface area (Å²) in [6.45, 7) is 9.42. The van der Waals surface area contributed by atoms with Crippen LogP contribution in [-0.4, -0.2) is 176 Å². The molecule has 0 aromatic heterocycles. The van der Waals surface area contributed by atoms with Crippen molar-refractivity contribution in [2.24, 2.45) is 0 Å². The van der Waals surface area contributed by atoms with E-state index in [2.05, 4.69) is 15.7 Å². The van der Waals surface area contributed by atoms with Crippen LogP contribution in [0.4, 0.5) is 0 Å². The van der Waals surface area contributed by atoms with E-state index in [1.807, 2.05) is 0 Å². The zero-order chi connectivity index (χ0) is 30.8. The van der Waals surface area contributed by atoms with Gasteiger partial charge in [-0.1, -0.05) is 6.55 Å². The molecule has 0 bridgehead atoms. The third-order valence-electron chi connectivity index (χ3n) is 4.61. The number of aliphatic hydroxyl groups excluding tert-OH is 1. The van der Waals surface area contributed by atoms with Crippen molar-refractivity contribution in [2.45, 2.75) is 18.7 Å². The number of ether oxygens (including phenoxy) is 8. The predicted molar refractivity (Wildman–Crippen MR) is 155 cm³/mol. The predicted octanol–water partition coefficient (Wildman–Crippen LogP) is -0.709. The lowest BCUT2D eigenvalue weighted by atomic mass is 10.4. The normalized spacial score (nSPS) is 13.1. The average molecular weight is 627 g/mol. The summed E-state index contributed by atoms with van der Waals surface area (Å²) in [6, 6.07) is 0. The van der Waals surface area contributed by atoms with Gasteiger partial charge in [0.1, 0.15) is 0 Å². The second-order valence-electron chi connectivity index (χ2n) is 7.88. The van der Waals surface area contributed by atoms with Crippen molar-refractivity contribution in [1.29, 1.82) is 0 Å². The van der Waals surface area contributed by atoms with Crippen LogP contribution in [-0.2, 0) is 55.6 Å². The maximum absolute atomic E-state index is 10.5. The van der Waals surface area contributed by atoms with Crippen LogP contribution in [0.25, 0.3) is 0 Å². The lowest BCUT2D eigenvalue weighted by Gasteiger charge is -2.36. The Hall–Kier alpha value is -0.126. The zero-order valence-electron chi connectivity index (χ0n) is 26.1. The Morgan fingerprint density at radius 2 is 0.800 bits per heavy atom. The van der Waals surface area contributed by atoms with Crippen molar-refractivity contribution in [3.05, 3.63) is 0 Å². The third-order valence-corrected chi connectivity index (χ3v) is 8.26. The lowest BCUT2D eigenvalue weighted by molar-refractivity contribution is -0.0601. The Balaban J connectivity index is -0.00000174.